The van der Waals surface area contributed by atoms with Gasteiger partial charge in [-0.25, -0.2) is 0 Å². The van der Waals surface area contributed by atoms with Crippen LogP contribution in [-0.4, -0.2) is 48.3 Å². The van der Waals surface area contributed by atoms with E-state index in [1.165, 1.54) is 16.7 Å². The molecule has 8 heteroatoms. The van der Waals surface area contributed by atoms with E-state index in [1.54, 1.807) is 22.7 Å². The molecule has 2 aliphatic rings. The number of carbonyl (C=O) groups excluding carboxylic acids is 1. The van der Waals surface area contributed by atoms with Crippen LogP contribution in [0.2, 0.25) is 0 Å². The second kappa shape index (κ2) is 8.42. The van der Waals surface area contributed by atoms with E-state index in [-0.39, 0.29) is 23.1 Å². The Bertz CT molecular complexity index is 1290. The van der Waals surface area contributed by atoms with Gasteiger partial charge in [0, 0.05) is 43.9 Å². The highest BCUT2D eigenvalue weighted by Crippen LogP contribution is 2.44. The van der Waals surface area contributed by atoms with E-state index in [0.29, 0.717) is 25.3 Å². The van der Waals surface area contributed by atoms with Crippen molar-refractivity contribution in [3.63, 3.8) is 0 Å². The Morgan fingerprint density at radius 3 is 2.65 bits per heavy atom. The van der Waals surface area contributed by atoms with Gasteiger partial charge in [0.1, 0.15) is 5.82 Å². The van der Waals surface area contributed by atoms with E-state index >= 15 is 0 Å². The van der Waals surface area contributed by atoms with Gasteiger partial charge in [0.15, 0.2) is 5.69 Å². The van der Waals surface area contributed by atoms with E-state index in [1.807, 2.05) is 23.9 Å². The molecular weight excluding hydrogens is 430 g/mol. The van der Waals surface area contributed by atoms with E-state index in [2.05, 4.69) is 35.2 Å². The number of aromatic hydroxyl groups is 1. The van der Waals surface area contributed by atoms with Crippen LogP contribution in [0.3, 0.4) is 0 Å². The van der Waals surface area contributed by atoms with Gasteiger partial charge in [0.05, 0.1) is 6.54 Å². The van der Waals surface area contributed by atoms with Crippen LogP contribution in [0.25, 0.3) is 0 Å². The molecule has 0 spiro atoms. The van der Waals surface area contributed by atoms with Crippen LogP contribution >= 0.6 is 0 Å². The molecule has 2 aromatic heterocycles. The van der Waals surface area contributed by atoms with E-state index in [4.69, 9.17) is 0 Å². The molecule has 1 aliphatic carbocycles. The average Bonchev–Trinajstić information content (AvgIpc) is 3.48. The number of hydrogen-bond acceptors (Lipinski definition) is 5. The molecule has 8 nitrogen and oxygen atoms in total. The van der Waals surface area contributed by atoms with Gasteiger partial charge in [-0.2, -0.15) is 10.1 Å². The zero-order valence-electron chi connectivity index (χ0n) is 20.0. The van der Waals surface area contributed by atoms with Crippen LogP contribution in [0.4, 0.5) is 0 Å². The molecule has 0 unspecified atom stereocenters. The number of aryl methyl sites for hydroxylation is 1. The number of aromatic nitrogens is 4. The van der Waals surface area contributed by atoms with Gasteiger partial charge in [-0.1, -0.05) is 36.6 Å². The van der Waals surface area contributed by atoms with Gasteiger partial charge in [0.25, 0.3) is 5.91 Å². The number of likely N-dealkylation sites (N-methyl/N-ethyl adjacent to an activating group) is 1. The second-order valence-corrected chi connectivity index (χ2v) is 9.98. The minimum atomic E-state index is -0.727. The van der Waals surface area contributed by atoms with Crippen molar-refractivity contribution in [2.75, 3.05) is 7.05 Å². The van der Waals surface area contributed by atoms with Gasteiger partial charge in [-0.15, -0.1) is 0 Å². The molecule has 1 atom stereocenters. The fourth-order valence-corrected chi connectivity index (χ4v) is 5.65. The molecule has 1 saturated carbocycles. The molecule has 5 rings (SSSR count). The van der Waals surface area contributed by atoms with Crippen molar-refractivity contribution in [1.82, 2.24) is 24.2 Å². The van der Waals surface area contributed by atoms with E-state index < -0.39 is 11.3 Å². The normalized spacial score (nSPS) is 19.4. The first-order valence-corrected chi connectivity index (χ1v) is 12.0. The smallest absolute Gasteiger partial charge is 0.315 e. The maximum absolute atomic E-state index is 13.0. The molecule has 1 aliphatic heterocycles. The van der Waals surface area contributed by atoms with Crippen LogP contribution < -0.4 is 5.56 Å². The summed E-state index contributed by atoms with van der Waals surface area (Å²) in [5.41, 5.74) is 2.79. The average molecular weight is 462 g/mol. The zero-order valence-corrected chi connectivity index (χ0v) is 20.0. The van der Waals surface area contributed by atoms with Crippen LogP contribution in [0, 0.1) is 6.92 Å². The van der Waals surface area contributed by atoms with Gasteiger partial charge in [-0.05, 0) is 43.9 Å². The lowest BCUT2D eigenvalue weighted by molar-refractivity contribution is 0.0660. The molecule has 1 aromatic carbocycles. The van der Waals surface area contributed by atoms with Crippen molar-refractivity contribution >= 4 is 5.91 Å². The predicted octanol–water partition coefficient (Wildman–Crippen LogP) is 3.03. The molecule has 0 saturated heterocycles. The predicted molar refractivity (Wildman–Crippen MR) is 128 cm³/mol. The number of benzene rings is 1. The van der Waals surface area contributed by atoms with Gasteiger partial charge in [0.2, 0.25) is 5.75 Å². The number of nitrogens with zero attached hydrogens (tertiary/aromatic N) is 5. The minimum Gasteiger partial charge on any atom is -0.501 e. The summed E-state index contributed by atoms with van der Waals surface area (Å²) in [4.78, 5) is 31.4. The zero-order chi connectivity index (χ0) is 24.0. The summed E-state index contributed by atoms with van der Waals surface area (Å²) in [6.07, 6.45) is 8.50. The summed E-state index contributed by atoms with van der Waals surface area (Å²) >= 11 is 0. The second-order valence-electron chi connectivity index (χ2n) is 9.98. The molecule has 3 heterocycles. The lowest BCUT2D eigenvalue weighted by atomic mass is 9.74. The summed E-state index contributed by atoms with van der Waals surface area (Å²) in [5.74, 6) is -0.303. The van der Waals surface area contributed by atoms with Crippen molar-refractivity contribution in [3.05, 3.63) is 75.2 Å². The fraction of sp³-hybridized carbons (Fsp3) is 0.462. The van der Waals surface area contributed by atoms with Crippen molar-refractivity contribution in [3.8, 4) is 5.75 Å². The third-order valence-corrected chi connectivity index (χ3v) is 7.58. The van der Waals surface area contributed by atoms with Gasteiger partial charge >= 0.3 is 5.56 Å². The summed E-state index contributed by atoms with van der Waals surface area (Å²) in [5, 5.41) is 14.8. The number of rotatable bonds is 5. The highest BCUT2D eigenvalue weighted by molar-refractivity contribution is 5.95. The highest BCUT2D eigenvalue weighted by Gasteiger charge is 2.40. The van der Waals surface area contributed by atoms with E-state index in [9.17, 15) is 14.7 Å². The van der Waals surface area contributed by atoms with Crippen LogP contribution in [-0.2, 0) is 24.9 Å². The van der Waals surface area contributed by atoms with Gasteiger partial charge < -0.3 is 14.6 Å². The number of hydrogen-bond donors (Lipinski definition) is 1. The molecule has 1 amide bonds. The Morgan fingerprint density at radius 1 is 1.18 bits per heavy atom. The lowest BCUT2D eigenvalue weighted by Gasteiger charge is -2.36. The van der Waals surface area contributed by atoms with Crippen molar-refractivity contribution in [2.45, 2.75) is 70.5 Å². The molecule has 3 aromatic rings. The molecular formula is C26H31N5O3. The summed E-state index contributed by atoms with van der Waals surface area (Å²) in [7, 11) is 1.70. The Kier molecular flexibility index (Phi) is 5.54. The summed E-state index contributed by atoms with van der Waals surface area (Å²) < 4.78 is 3.70. The third-order valence-electron chi connectivity index (χ3n) is 7.58. The lowest BCUT2D eigenvalue weighted by Crippen LogP contribution is -2.47. The molecule has 0 radical (unpaired) electrons. The number of carbonyl (C=O) groups is 1. The summed E-state index contributed by atoms with van der Waals surface area (Å²) in [6.45, 7) is 5.28. The minimum absolute atomic E-state index is 0.0541. The SMILES string of the molecule is Cc1cc(Cn2cccn2)cc(C2(Cc3nc(=O)c(O)c4n3C[C@H](C)N(C)C4=O)CCCC2)c1. The Balaban J connectivity index is 1.59. The fourth-order valence-electron chi connectivity index (χ4n) is 5.65. The molecule has 1 fully saturated rings. The van der Waals surface area contributed by atoms with Crippen LogP contribution in [0.1, 0.15) is 65.6 Å². The molecule has 34 heavy (non-hydrogen) atoms. The Hall–Kier alpha value is -3.42. The number of fused-ring (bicyclic) bond motifs is 1. The first kappa shape index (κ1) is 22.4. The largest absolute Gasteiger partial charge is 0.501 e. The third kappa shape index (κ3) is 3.81. The quantitative estimate of drug-likeness (QED) is 0.630. The first-order valence-electron chi connectivity index (χ1n) is 12.0. The first-order chi connectivity index (χ1) is 16.3. The topological polar surface area (TPSA) is 93.2 Å². The van der Waals surface area contributed by atoms with Gasteiger partial charge in [-0.3, -0.25) is 14.3 Å². The van der Waals surface area contributed by atoms with Crippen molar-refractivity contribution < 1.29 is 9.90 Å². The Labute approximate surface area is 198 Å². The summed E-state index contributed by atoms with van der Waals surface area (Å²) in [6, 6.07) is 8.56. The van der Waals surface area contributed by atoms with Crippen LogP contribution in [0.15, 0.2) is 41.5 Å². The van der Waals surface area contributed by atoms with Crippen molar-refractivity contribution in [1.29, 1.82) is 0 Å². The molecule has 1 N–H and O–H groups in total. The van der Waals surface area contributed by atoms with E-state index in [0.717, 1.165) is 25.7 Å². The monoisotopic (exact) mass is 461 g/mol. The standard InChI is InChI=1S/C26H31N5O3/c1-17-11-19(16-30-10-6-9-27-30)13-20(12-17)26(7-4-5-8-26)14-21-28-24(33)23(32)22-25(34)29(3)18(2)15-31(21)22/h6,9-13,18,32H,4-5,7-8,14-16H2,1-3H3/t18-/m0/s1. The Morgan fingerprint density at radius 2 is 1.94 bits per heavy atom. The maximum Gasteiger partial charge on any atom is 0.315 e. The van der Waals surface area contributed by atoms with Crippen LogP contribution in [0.5, 0.6) is 5.75 Å². The molecule has 178 valence electrons. The number of amides is 1. The molecule has 0 bridgehead atoms. The van der Waals surface area contributed by atoms with Crippen molar-refractivity contribution in [2.24, 2.45) is 0 Å². The maximum atomic E-state index is 13.0. The highest BCUT2D eigenvalue weighted by atomic mass is 16.3.